The van der Waals surface area contributed by atoms with E-state index >= 15 is 0 Å². The molecule has 0 bridgehead atoms. The van der Waals surface area contributed by atoms with Crippen LogP contribution in [0.1, 0.15) is 12.0 Å². The molecular weight excluding hydrogens is 308 g/mol. The summed E-state index contributed by atoms with van der Waals surface area (Å²) in [5.74, 6) is 0.500. The number of carbonyl (C=O) groups is 2. The van der Waals surface area contributed by atoms with Gasteiger partial charge in [0.2, 0.25) is 11.8 Å². The van der Waals surface area contributed by atoms with Crippen LogP contribution >= 0.6 is 15.9 Å². The summed E-state index contributed by atoms with van der Waals surface area (Å²) in [5.41, 5.74) is 1.81. The molecule has 1 unspecified atom stereocenters. The maximum atomic E-state index is 12.0. The highest BCUT2D eigenvalue weighted by atomic mass is 79.9. The number of amides is 2. The molecule has 0 spiro atoms. The van der Waals surface area contributed by atoms with Gasteiger partial charge in [-0.25, -0.2) is 0 Å². The van der Waals surface area contributed by atoms with Crippen molar-refractivity contribution in [3.05, 3.63) is 29.8 Å². The van der Waals surface area contributed by atoms with Gasteiger partial charge in [0.15, 0.2) is 0 Å². The summed E-state index contributed by atoms with van der Waals surface area (Å²) in [6.07, 6.45) is 0.930. The highest BCUT2D eigenvalue weighted by Gasteiger charge is 2.29. The first-order valence-corrected chi connectivity index (χ1v) is 7.42. The molecule has 1 atom stereocenters. The van der Waals surface area contributed by atoms with Gasteiger partial charge in [0, 0.05) is 31.0 Å². The number of nitrogens with one attached hydrogen (secondary N) is 1. The summed E-state index contributed by atoms with van der Waals surface area (Å²) in [5, 5.41) is 3.44. The highest BCUT2D eigenvalue weighted by molar-refractivity contribution is 9.09. The Hall–Kier alpha value is -1.36. The predicted molar refractivity (Wildman–Crippen MR) is 78.5 cm³/mol. The first-order chi connectivity index (χ1) is 9.13. The van der Waals surface area contributed by atoms with E-state index in [4.69, 9.17) is 0 Å². The normalized spacial score (nSPS) is 18.7. The number of likely N-dealkylation sites (N-methyl/N-ethyl adjacent to an activating group) is 1. The Morgan fingerprint density at radius 1 is 1.53 bits per heavy atom. The highest BCUT2D eigenvalue weighted by Crippen LogP contribution is 2.26. The van der Waals surface area contributed by atoms with Gasteiger partial charge in [-0.15, -0.1) is 0 Å². The number of carbonyl (C=O) groups excluding carboxylic acids is 2. The van der Waals surface area contributed by atoms with Crippen molar-refractivity contribution in [3.8, 4) is 0 Å². The fourth-order valence-corrected chi connectivity index (χ4v) is 2.68. The summed E-state index contributed by atoms with van der Waals surface area (Å²) < 4.78 is 0. The number of hydrogen-bond acceptors (Lipinski definition) is 2. The van der Waals surface area contributed by atoms with Crippen molar-refractivity contribution in [2.45, 2.75) is 12.8 Å². The molecule has 1 aromatic carbocycles. The van der Waals surface area contributed by atoms with Gasteiger partial charge in [0.05, 0.1) is 6.42 Å². The fourth-order valence-electron chi connectivity index (χ4n) is 2.24. The standard InChI is InChI=1S/C14H17BrN2O2/c1-16-13(18)6-10-3-2-4-12(5-10)17-9-11(8-15)7-14(17)19/h2-5,11H,6-9H2,1H3,(H,16,18). The number of halogens is 1. The Morgan fingerprint density at radius 3 is 2.95 bits per heavy atom. The van der Waals surface area contributed by atoms with Crippen molar-refractivity contribution in [2.75, 3.05) is 23.8 Å². The number of anilines is 1. The molecule has 1 saturated heterocycles. The number of nitrogens with zero attached hydrogens (tertiary/aromatic N) is 1. The van der Waals surface area contributed by atoms with Crippen molar-refractivity contribution in [2.24, 2.45) is 5.92 Å². The number of rotatable bonds is 4. The molecule has 1 aromatic rings. The summed E-state index contributed by atoms with van der Waals surface area (Å²) in [7, 11) is 1.62. The quantitative estimate of drug-likeness (QED) is 0.857. The van der Waals surface area contributed by atoms with E-state index in [1.54, 1.807) is 11.9 Å². The van der Waals surface area contributed by atoms with Crippen LogP contribution in [0.4, 0.5) is 5.69 Å². The zero-order valence-electron chi connectivity index (χ0n) is 10.9. The van der Waals surface area contributed by atoms with Gasteiger partial charge in [-0.2, -0.15) is 0 Å². The third kappa shape index (κ3) is 3.35. The molecule has 102 valence electrons. The van der Waals surface area contributed by atoms with Crippen LogP contribution in [0.25, 0.3) is 0 Å². The van der Waals surface area contributed by atoms with Crippen molar-refractivity contribution in [3.63, 3.8) is 0 Å². The number of alkyl halides is 1. The van der Waals surface area contributed by atoms with Gasteiger partial charge < -0.3 is 10.2 Å². The monoisotopic (exact) mass is 324 g/mol. The summed E-state index contributed by atoms with van der Waals surface area (Å²) in [6, 6.07) is 7.63. The fraction of sp³-hybridized carbons (Fsp3) is 0.429. The van der Waals surface area contributed by atoms with Crippen LogP contribution in [0.15, 0.2) is 24.3 Å². The lowest BCUT2D eigenvalue weighted by molar-refractivity contribution is -0.120. The molecule has 2 rings (SSSR count). The SMILES string of the molecule is CNC(=O)Cc1cccc(N2CC(CBr)CC2=O)c1. The summed E-state index contributed by atoms with van der Waals surface area (Å²) in [6.45, 7) is 0.744. The molecule has 1 fully saturated rings. The Morgan fingerprint density at radius 2 is 2.32 bits per heavy atom. The average Bonchev–Trinajstić information content (AvgIpc) is 2.80. The van der Waals surface area contributed by atoms with E-state index in [0.29, 0.717) is 18.8 Å². The van der Waals surface area contributed by atoms with Gasteiger partial charge in [-0.1, -0.05) is 28.1 Å². The molecule has 0 radical (unpaired) electrons. The van der Waals surface area contributed by atoms with Crippen LogP contribution in [-0.2, 0) is 16.0 Å². The molecule has 19 heavy (non-hydrogen) atoms. The molecule has 1 N–H and O–H groups in total. The Labute approximate surface area is 121 Å². The Kier molecular flexibility index (Phi) is 4.58. The second-order valence-electron chi connectivity index (χ2n) is 4.75. The van der Waals surface area contributed by atoms with Crippen LogP contribution in [0.3, 0.4) is 0 Å². The van der Waals surface area contributed by atoms with Crippen LogP contribution < -0.4 is 10.2 Å². The zero-order valence-corrected chi connectivity index (χ0v) is 12.4. The van der Waals surface area contributed by atoms with Gasteiger partial charge in [-0.05, 0) is 23.6 Å². The lowest BCUT2D eigenvalue weighted by atomic mass is 10.1. The van der Waals surface area contributed by atoms with Crippen LogP contribution in [0, 0.1) is 5.92 Å². The topological polar surface area (TPSA) is 49.4 Å². The first kappa shape index (κ1) is 14.1. The maximum Gasteiger partial charge on any atom is 0.227 e. The smallest absolute Gasteiger partial charge is 0.227 e. The van der Waals surface area contributed by atoms with Crippen molar-refractivity contribution in [1.29, 1.82) is 0 Å². The van der Waals surface area contributed by atoms with Crippen LogP contribution in [0.5, 0.6) is 0 Å². The Bertz CT molecular complexity index is 490. The van der Waals surface area contributed by atoms with Crippen molar-refractivity contribution in [1.82, 2.24) is 5.32 Å². The molecule has 2 amide bonds. The van der Waals surface area contributed by atoms with Gasteiger partial charge in [0.25, 0.3) is 0 Å². The third-order valence-corrected chi connectivity index (χ3v) is 4.20. The molecule has 4 nitrogen and oxygen atoms in total. The summed E-state index contributed by atoms with van der Waals surface area (Å²) >= 11 is 3.43. The molecular formula is C14H17BrN2O2. The zero-order chi connectivity index (χ0) is 13.8. The number of benzene rings is 1. The van der Waals surface area contributed by atoms with Crippen molar-refractivity contribution < 1.29 is 9.59 Å². The van der Waals surface area contributed by atoms with E-state index in [9.17, 15) is 9.59 Å². The molecule has 0 aromatic heterocycles. The van der Waals surface area contributed by atoms with Crippen LogP contribution in [-0.4, -0.2) is 30.7 Å². The van der Waals surface area contributed by atoms with Crippen LogP contribution in [0.2, 0.25) is 0 Å². The van der Waals surface area contributed by atoms with E-state index < -0.39 is 0 Å². The van der Waals surface area contributed by atoms with Crippen molar-refractivity contribution >= 4 is 33.4 Å². The Balaban J connectivity index is 2.15. The molecule has 5 heteroatoms. The second kappa shape index (κ2) is 6.19. The van der Waals surface area contributed by atoms with E-state index in [2.05, 4.69) is 21.2 Å². The third-order valence-electron chi connectivity index (χ3n) is 3.29. The average molecular weight is 325 g/mol. The molecule has 1 heterocycles. The minimum atomic E-state index is -0.0248. The van der Waals surface area contributed by atoms with E-state index in [0.717, 1.165) is 23.1 Å². The molecule has 1 aliphatic heterocycles. The van der Waals surface area contributed by atoms with Gasteiger partial charge in [0.1, 0.15) is 0 Å². The molecule has 0 aliphatic carbocycles. The maximum absolute atomic E-state index is 12.0. The lowest BCUT2D eigenvalue weighted by Gasteiger charge is -2.17. The summed E-state index contributed by atoms with van der Waals surface area (Å²) in [4.78, 5) is 25.1. The van der Waals surface area contributed by atoms with Gasteiger partial charge >= 0.3 is 0 Å². The minimum absolute atomic E-state index is 0.0248. The first-order valence-electron chi connectivity index (χ1n) is 6.30. The minimum Gasteiger partial charge on any atom is -0.359 e. The van der Waals surface area contributed by atoms with Gasteiger partial charge in [-0.3, -0.25) is 9.59 Å². The number of hydrogen-bond donors (Lipinski definition) is 1. The predicted octanol–water partition coefficient (Wildman–Crippen LogP) is 1.72. The lowest BCUT2D eigenvalue weighted by Crippen LogP contribution is -2.25. The molecule has 1 aliphatic rings. The van der Waals surface area contributed by atoms with E-state index in [1.807, 2.05) is 24.3 Å². The molecule has 0 saturated carbocycles. The second-order valence-corrected chi connectivity index (χ2v) is 5.40. The largest absolute Gasteiger partial charge is 0.359 e. The van der Waals surface area contributed by atoms with E-state index in [-0.39, 0.29) is 11.8 Å². The van der Waals surface area contributed by atoms with E-state index in [1.165, 1.54) is 0 Å².